The van der Waals surface area contributed by atoms with Crippen LogP contribution >= 0.6 is 11.8 Å². The predicted octanol–water partition coefficient (Wildman–Crippen LogP) is 0.934. The molecule has 1 atom stereocenters. The van der Waals surface area contributed by atoms with Crippen LogP contribution in [-0.2, 0) is 14.6 Å². The molecule has 9 heteroatoms. The third-order valence-electron chi connectivity index (χ3n) is 3.54. The molecule has 1 N–H and O–H groups in total. The standard InChI is InChI=1S/C15H16N4O3S2/c20-14(17-12-6-7-24(21,22)10-12)9-23-15-18-13(8-16-19-15)11-4-2-1-3-5-11/h1-5,8,12H,6-7,9-10H2,(H,17,20)/t12-/m0/s1. The Labute approximate surface area is 144 Å². The van der Waals surface area contributed by atoms with Crippen molar-refractivity contribution in [2.45, 2.75) is 17.6 Å². The molecule has 0 unspecified atom stereocenters. The highest BCUT2D eigenvalue weighted by Gasteiger charge is 2.28. The van der Waals surface area contributed by atoms with E-state index in [1.165, 1.54) is 11.8 Å². The zero-order valence-electron chi connectivity index (χ0n) is 12.8. The van der Waals surface area contributed by atoms with Gasteiger partial charge in [0.15, 0.2) is 9.84 Å². The number of nitrogens with one attached hydrogen (secondary N) is 1. The molecule has 0 spiro atoms. The Morgan fingerprint density at radius 2 is 2.08 bits per heavy atom. The van der Waals surface area contributed by atoms with Crippen LogP contribution in [0.5, 0.6) is 0 Å². The number of carbonyl (C=O) groups excluding carboxylic acids is 1. The number of sulfone groups is 1. The molecule has 7 nitrogen and oxygen atoms in total. The van der Waals surface area contributed by atoms with Gasteiger partial charge in [-0.25, -0.2) is 13.4 Å². The Hall–Kier alpha value is -2.00. The second kappa shape index (κ2) is 7.27. The average molecular weight is 364 g/mol. The molecule has 24 heavy (non-hydrogen) atoms. The van der Waals surface area contributed by atoms with Gasteiger partial charge in [-0.15, -0.1) is 5.10 Å². The lowest BCUT2D eigenvalue weighted by atomic mass is 10.2. The van der Waals surface area contributed by atoms with Crippen LogP contribution in [0.1, 0.15) is 6.42 Å². The number of aromatic nitrogens is 3. The summed E-state index contributed by atoms with van der Waals surface area (Å²) in [5, 5.41) is 11.0. The first-order valence-electron chi connectivity index (χ1n) is 7.39. The van der Waals surface area contributed by atoms with Crippen molar-refractivity contribution in [2.24, 2.45) is 0 Å². The summed E-state index contributed by atoms with van der Waals surface area (Å²) in [6.07, 6.45) is 2.04. The Balaban J connectivity index is 1.56. The van der Waals surface area contributed by atoms with E-state index in [0.29, 0.717) is 17.3 Å². The predicted molar refractivity (Wildman–Crippen MR) is 91.2 cm³/mol. The van der Waals surface area contributed by atoms with E-state index in [2.05, 4.69) is 20.5 Å². The van der Waals surface area contributed by atoms with E-state index in [4.69, 9.17) is 0 Å². The van der Waals surface area contributed by atoms with Gasteiger partial charge in [0.1, 0.15) is 0 Å². The molecule has 1 aliphatic heterocycles. The summed E-state index contributed by atoms with van der Waals surface area (Å²) in [6, 6.07) is 9.29. The third-order valence-corrected chi connectivity index (χ3v) is 6.14. The normalized spacial score (nSPS) is 19.1. The highest BCUT2D eigenvalue weighted by Crippen LogP contribution is 2.19. The van der Waals surface area contributed by atoms with E-state index < -0.39 is 9.84 Å². The van der Waals surface area contributed by atoms with Crippen molar-refractivity contribution >= 4 is 27.5 Å². The number of thioether (sulfide) groups is 1. The molecule has 0 bridgehead atoms. The fraction of sp³-hybridized carbons (Fsp3) is 0.333. The van der Waals surface area contributed by atoms with E-state index in [0.717, 1.165) is 5.56 Å². The number of rotatable bonds is 5. The third kappa shape index (κ3) is 4.51. The molecule has 0 saturated carbocycles. The maximum absolute atomic E-state index is 11.9. The highest BCUT2D eigenvalue weighted by molar-refractivity contribution is 7.99. The fourth-order valence-electron chi connectivity index (χ4n) is 2.40. The van der Waals surface area contributed by atoms with Crippen LogP contribution in [0.3, 0.4) is 0 Å². The quantitative estimate of drug-likeness (QED) is 0.788. The SMILES string of the molecule is O=C(CSc1nncc(-c2ccccc2)n1)N[C@H]1CCS(=O)(=O)C1. The number of benzene rings is 1. The summed E-state index contributed by atoms with van der Waals surface area (Å²) in [4.78, 5) is 16.3. The number of carbonyl (C=O) groups is 1. The summed E-state index contributed by atoms with van der Waals surface area (Å²) >= 11 is 1.17. The Bertz CT molecular complexity index is 828. The van der Waals surface area contributed by atoms with E-state index in [-0.39, 0.29) is 29.2 Å². The van der Waals surface area contributed by atoms with Gasteiger partial charge in [0, 0.05) is 11.6 Å². The van der Waals surface area contributed by atoms with E-state index in [1.54, 1.807) is 6.20 Å². The van der Waals surface area contributed by atoms with Crippen molar-refractivity contribution < 1.29 is 13.2 Å². The molecule has 2 heterocycles. The zero-order chi connectivity index (χ0) is 17.0. The largest absolute Gasteiger partial charge is 0.352 e. The Morgan fingerprint density at radius 1 is 1.29 bits per heavy atom. The molecule has 1 saturated heterocycles. The van der Waals surface area contributed by atoms with Gasteiger partial charge in [-0.05, 0) is 6.42 Å². The number of amides is 1. The van der Waals surface area contributed by atoms with Crippen LogP contribution in [0.2, 0.25) is 0 Å². The van der Waals surface area contributed by atoms with Gasteiger partial charge in [0.05, 0.1) is 29.1 Å². The van der Waals surface area contributed by atoms with Crippen molar-refractivity contribution in [3.8, 4) is 11.3 Å². The van der Waals surface area contributed by atoms with Crippen LogP contribution < -0.4 is 5.32 Å². The lowest BCUT2D eigenvalue weighted by Gasteiger charge is -2.10. The van der Waals surface area contributed by atoms with Crippen molar-refractivity contribution in [2.75, 3.05) is 17.3 Å². The molecule has 0 aliphatic carbocycles. The van der Waals surface area contributed by atoms with Crippen LogP contribution in [0, 0.1) is 0 Å². The van der Waals surface area contributed by atoms with Crippen LogP contribution in [0.25, 0.3) is 11.3 Å². The molecule has 1 fully saturated rings. The molecule has 126 valence electrons. The van der Waals surface area contributed by atoms with Crippen LogP contribution in [-0.4, -0.2) is 52.8 Å². The molecule has 1 aromatic carbocycles. The Morgan fingerprint density at radius 3 is 2.79 bits per heavy atom. The first-order valence-corrected chi connectivity index (χ1v) is 10.2. The van der Waals surface area contributed by atoms with Crippen molar-refractivity contribution in [3.63, 3.8) is 0 Å². The molecule has 1 aromatic heterocycles. The summed E-state index contributed by atoms with van der Waals surface area (Å²) in [6.45, 7) is 0. The monoisotopic (exact) mass is 364 g/mol. The minimum Gasteiger partial charge on any atom is -0.352 e. The summed E-state index contributed by atoms with van der Waals surface area (Å²) in [5.41, 5.74) is 1.62. The first kappa shape index (κ1) is 16.8. The van der Waals surface area contributed by atoms with Gasteiger partial charge in [0.25, 0.3) is 0 Å². The van der Waals surface area contributed by atoms with Gasteiger partial charge >= 0.3 is 0 Å². The van der Waals surface area contributed by atoms with Gasteiger partial charge < -0.3 is 5.32 Å². The lowest BCUT2D eigenvalue weighted by molar-refractivity contribution is -0.119. The molecule has 1 aliphatic rings. The smallest absolute Gasteiger partial charge is 0.230 e. The van der Waals surface area contributed by atoms with Gasteiger partial charge in [-0.3, -0.25) is 4.79 Å². The fourth-order valence-corrected chi connectivity index (χ4v) is 4.69. The van der Waals surface area contributed by atoms with E-state index in [1.807, 2.05) is 30.3 Å². The van der Waals surface area contributed by atoms with Crippen molar-refractivity contribution in [3.05, 3.63) is 36.5 Å². The lowest BCUT2D eigenvalue weighted by Crippen LogP contribution is -2.36. The summed E-state index contributed by atoms with van der Waals surface area (Å²) < 4.78 is 22.8. The molecule has 2 aromatic rings. The van der Waals surface area contributed by atoms with Gasteiger partial charge in [-0.2, -0.15) is 5.10 Å². The van der Waals surface area contributed by atoms with Gasteiger partial charge in [-0.1, -0.05) is 42.1 Å². The van der Waals surface area contributed by atoms with E-state index >= 15 is 0 Å². The van der Waals surface area contributed by atoms with Crippen LogP contribution in [0.15, 0.2) is 41.7 Å². The topological polar surface area (TPSA) is 102 Å². The molecule has 1 amide bonds. The highest BCUT2D eigenvalue weighted by atomic mass is 32.2. The van der Waals surface area contributed by atoms with Crippen molar-refractivity contribution in [1.29, 1.82) is 0 Å². The number of nitrogens with zero attached hydrogens (tertiary/aromatic N) is 3. The minimum atomic E-state index is -3.00. The van der Waals surface area contributed by atoms with Crippen LogP contribution in [0.4, 0.5) is 0 Å². The van der Waals surface area contributed by atoms with E-state index in [9.17, 15) is 13.2 Å². The summed E-state index contributed by atoms with van der Waals surface area (Å²) in [5.74, 6) is 0.0504. The second-order valence-corrected chi connectivity index (χ2v) is 8.62. The molecule has 3 rings (SSSR count). The number of hydrogen-bond donors (Lipinski definition) is 1. The number of hydrogen-bond acceptors (Lipinski definition) is 7. The Kier molecular flexibility index (Phi) is 5.10. The second-order valence-electron chi connectivity index (χ2n) is 5.45. The average Bonchev–Trinajstić information content (AvgIpc) is 2.92. The first-order chi connectivity index (χ1) is 11.5. The van der Waals surface area contributed by atoms with Crippen molar-refractivity contribution in [1.82, 2.24) is 20.5 Å². The molecule has 0 radical (unpaired) electrons. The maximum Gasteiger partial charge on any atom is 0.230 e. The maximum atomic E-state index is 11.9. The zero-order valence-corrected chi connectivity index (χ0v) is 14.4. The molecular formula is C15H16N4O3S2. The summed E-state index contributed by atoms with van der Waals surface area (Å²) in [7, 11) is -3.00. The molecular weight excluding hydrogens is 348 g/mol. The minimum absolute atomic E-state index is 0.0188. The van der Waals surface area contributed by atoms with Gasteiger partial charge in [0.2, 0.25) is 11.1 Å².